The smallest absolute Gasteiger partial charge is 0.123 e. The summed E-state index contributed by atoms with van der Waals surface area (Å²) in [7, 11) is 1.25. The average Bonchev–Trinajstić information content (AvgIpc) is 3.62. The van der Waals surface area contributed by atoms with Gasteiger partial charge < -0.3 is 15.6 Å². The second-order valence-electron chi connectivity index (χ2n) is 8.82. The molecule has 0 atom stereocenters. The van der Waals surface area contributed by atoms with Crippen LogP contribution in [0.5, 0.6) is 0 Å². The molecule has 2 aliphatic rings. The van der Waals surface area contributed by atoms with Crippen LogP contribution < -0.4 is 5.32 Å². The van der Waals surface area contributed by atoms with Crippen molar-refractivity contribution in [1.29, 1.82) is 0 Å². The molecule has 5 rings (SSSR count). The van der Waals surface area contributed by atoms with Crippen molar-refractivity contribution in [2.24, 2.45) is 0 Å². The molecule has 2 aliphatic carbocycles. The van der Waals surface area contributed by atoms with E-state index in [1.165, 1.54) is 61.6 Å². The van der Waals surface area contributed by atoms with E-state index in [-0.39, 0.29) is 5.82 Å². The van der Waals surface area contributed by atoms with E-state index in [2.05, 4.69) is 59.8 Å². The number of benzene rings is 2. The number of nitrogens with zero attached hydrogens (tertiary/aromatic N) is 2. The Bertz CT molecular complexity index is 1200. The Morgan fingerprint density at radius 1 is 1.03 bits per heavy atom. The molecule has 0 aliphatic heterocycles. The van der Waals surface area contributed by atoms with Crippen molar-refractivity contribution in [3.63, 3.8) is 0 Å². The normalized spacial score (nSPS) is 15.0. The molecule has 6 heteroatoms. The van der Waals surface area contributed by atoms with E-state index >= 15 is 0 Å². The van der Waals surface area contributed by atoms with Gasteiger partial charge in [-0.3, -0.25) is 0 Å². The third-order valence-corrected chi connectivity index (χ3v) is 6.53. The van der Waals surface area contributed by atoms with Gasteiger partial charge in [0.15, 0.2) is 0 Å². The number of imidazole rings is 1. The number of hydrogen-bond acceptors (Lipinski definition) is 2. The van der Waals surface area contributed by atoms with Crippen molar-refractivity contribution in [2.45, 2.75) is 45.1 Å². The van der Waals surface area contributed by atoms with Crippen LogP contribution in [-0.4, -0.2) is 16.6 Å². The van der Waals surface area contributed by atoms with Crippen molar-refractivity contribution in [3.05, 3.63) is 108 Å². The van der Waals surface area contributed by atoms with E-state index in [0.29, 0.717) is 6.04 Å². The van der Waals surface area contributed by atoms with Crippen LogP contribution in [-0.2, 0) is 0 Å². The number of aromatic nitrogens is 2. The Morgan fingerprint density at radius 2 is 1.69 bits per heavy atom. The minimum absolute atomic E-state index is 0. The fourth-order valence-electron chi connectivity index (χ4n) is 4.74. The van der Waals surface area contributed by atoms with Gasteiger partial charge in [0.25, 0.3) is 0 Å². The Kier molecular flexibility index (Phi) is 8.00. The van der Waals surface area contributed by atoms with Crippen LogP contribution in [0.25, 0.3) is 22.6 Å². The van der Waals surface area contributed by atoms with Gasteiger partial charge in [0, 0.05) is 29.4 Å². The zero-order chi connectivity index (χ0) is 24.1. The molecule has 0 radical (unpaired) electrons. The topological polar surface area (TPSA) is 53.7 Å². The molecule has 0 unspecified atom stereocenters. The van der Waals surface area contributed by atoms with Crippen molar-refractivity contribution < 1.29 is 4.39 Å². The molecule has 0 saturated heterocycles. The second-order valence-corrected chi connectivity index (χ2v) is 8.82. The van der Waals surface area contributed by atoms with Gasteiger partial charge in [0.2, 0.25) is 0 Å². The van der Waals surface area contributed by atoms with E-state index in [1.807, 2.05) is 18.5 Å². The molecule has 0 bridgehead atoms. The Morgan fingerprint density at radius 3 is 2.34 bits per heavy atom. The third kappa shape index (κ3) is 5.39. The zero-order valence-electron chi connectivity index (χ0n) is 20.3. The molecular formula is C29H32CmFN4-. The number of nitrogens with one attached hydrogen (secondary N) is 2. The summed E-state index contributed by atoms with van der Waals surface area (Å²) in [6.07, 6.45) is 12.0. The van der Waals surface area contributed by atoms with Gasteiger partial charge in [-0.25, -0.2) is 9.37 Å². The summed E-state index contributed by atoms with van der Waals surface area (Å²) in [6.45, 7) is 6.37. The van der Waals surface area contributed by atoms with Crippen molar-refractivity contribution in [2.75, 3.05) is 12.4 Å². The molecule has 0 amide bonds. The molecule has 3 aromatic rings. The van der Waals surface area contributed by atoms with E-state index in [4.69, 9.17) is 10.7 Å². The zero-order valence-corrected chi connectivity index (χ0v) is 23.2. The summed E-state index contributed by atoms with van der Waals surface area (Å²) in [4.78, 5) is 4.79. The molecule has 1 aromatic heterocycles. The fourth-order valence-corrected chi connectivity index (χ4v) is 4.74. The largest absolute Gasteiger partial charge is 0.680 e. The summed E-state index contributed by atoms with van der Waals surface area (Å²) >= 11 is 0. The summed E-state index contributed by atoms with van der Waals surface area (Å²) in [6, 6.07) is 15.5. The van der Waals surface area contributed by atoms with E-state index in [1.54, 1.807) is 0 Å². The standard InChI is InChI=1S/C28H28FN3.CH4N.Cm/c1-19-7-15-25(16-8-19)31-20(2)22-9-10-23(17-22)28-27(21-11-13-24(29)14-12-21)30-18-32(28)26-5-3-4-6-26;1-2;/h7-16,18,26,31H,2-6,17H2,1H3;2H,1H3;/q;-1;. The first-order valence-corrected chi connectivity index (χ1v) is 11.8. The minimum Gasteiger partial charge on any atom is -0.680 e. The molecular weight excluding hydrogens is 670 g/mol. The molecule has 0 spiro atoms. The van der Waals surface area contributed by atoms with Gasteiger partial charge in [0.05, 0.1) is 17.7 Å². The number of halogens is 1. The molecule has 35 heavy (non-hydrogen) atoms. The minimum atomic E-state index is -0.229. The van der Waals surface area contributed by atoms with Crippen LogP contribution in [0.3, 0.4) is 0 Å². The van der Waals surface area contributed by atoms with Gasteiger partial charge in [-0.15, -0.1) is 0 Å². The summed E-state index contributed by atoms with van der Waals surface area (Å²) in [5.41, 5.74) is 14.4. The summed E-state index contributed by atoms with van der Waals surface area (Å²) < 4.78 is 15.9. The van der Waals surface area contributed by atoms with Crippen molar-refractivity contribution in [3.8, 4) is 11.3 Å². The predicted molar refractivity (Wildman–Crippen MR) is 140 cm³/mol. The van der Waals surface area contributed by atoms with Crippen LogP contribution in [0.2, 0.25) is 0 Å². The van der Waals surface area contributed by atoms with Gasteiger partial charge in [-0.1, -0.05) is 49.3 Å². The quantitative estimate of drug-likeness (QED) is 0.282. The molecule has 184 valence electrons. The predicted octanol–water partition coefficient (Wildman–Crippen LogP) is 8.12. The Balaban J connectivity index is 0.00000111. The van der Waals surface area contributed by atoms with Crippen LogP contribution in [0, 0.1) is 12.7 Å². The summed E-state index contributed by atoms with van der Waals surface area (Å²) in [5.74, 6) is -0.229. The molecule has 4 nitrogen and oxygen atoms in total. The number of aryl methyl sites for hydroxylation is 1. The third-order valence-electron chi connectivity index (χ3n) is 6.53. The second kappa shape index (κ2) is 11.1. The molecule has 1 fully saturated rings. The first-order valence-electron chi connectivity index (χ1n) is 11.8. The maximum atomic E-state index is 13.5. The number of anilines is 1. The van der Waals surface area contributed by atoms with E-state index in [9.17, 15) is 4.39 Å². The van der Waals surface area contributed by atoms with E-state index < -0.39 is 0 Å². The van der Waals surface area contributed by atoms with E-state index in [0.717, 1.165) is 34.8 Å². The van der Waals surface area contributed by atoms with Gasteiger partial charge >= 0.3 is 0 Å². The number of hydrogen-bond donors (Lipinski definition) is 1. The Labute approximate surface area is 201 Å². The number of allylic oxidation sites excluding steroid dienone is 4. The maximum Gasteiger partial charge on any atom is 0.123 e. The molecule has 2 aromatic carbocycles. The van der Waals surface area contributed by atoms with Crippen LogP contribution in [0.15, 0.2) is 84.9 Å². The van der Waals surface area contributed by atoms with Crippen molar-refractivity contribution >= 4 is 11.3 Å². The van der Waals surface area contributed by atoms with Crippen LogP contribution >= 0.6 is 0 Å². The molecule has 1 saturated carbocycles. The monoisotopic (exact) mass is 698 g/mol. The molecule has 1 heterocycles. The van der Waals surface area contributed by atoms with Gasteiger partial charge in [0.1, 0.15) is 5.82 Å². The van der Waals surface area contributed by atoms with Crippen LogP contribution in [0.1, 0.15) is 49.4 Å². The molecule has 2 N–H and O–H groups in total. The van der Waals surface area contributed by atoms with Crippen LogP contribution in [0.4, 0.5) is 10.1 Å². The summed E-state index contributed by atoms with van der Waals surface area (Å²) in [5, 5.41) is 3.44. The average molecular weight is 703 g/mol. The Hall–Kier alpha value is -4.44. The first-order chi connectivity index (χ1) is 16.6. The fraction of sp³-hybridized carbons (Fsp3) is 0.276. The number of rotatable bonds is 6. The SMILES string of the molecule is C=C(Nc1ccc(C)cc1)C1=CC=C(c2c(-c3ccc(F)cc3)ncn2C2CCCC2)C1.C[NH-].[Cm]. The first kappa shape index (κ1) is 25.2. The van der Waals surface area contributed by atoms with Crippen molar-refractivity contribution in [1.82, 2.24) is 9.55 Å². The maximum absolute atomic E-state index is 13.5. The van der Waals surface area contributed by atoms with Gasteiger partial charge in [-0.05, 0) is 67.3 Å². The van der Waals surface area contributed by atoms with Gasteiger partial charge in [-0.2, -0.15) is 7.05 Å².